The van der Waals surface area contributed by atoms with Crippen molar-refractivity contribution in [2.24, 2.45) is 5.73 Å². The van der Waals surface area contributed by atoms with Gasteiger partial charge in [0.25, 0.3) is 0 Å². The highest BCUT2D eigenvalue weighted by molar-refractivity contribution is 7.20. The van der Waals surface area contributed by atoms with E-state index < -0.39 is 0 Å². The standard InChI is InChI=1S/C6H6Cl2N2S/c7-4-1-3(2-5(9)10)6(8)11-4/h1H,2H2,(H3,9,10). The third kappa shape index (κ3) is 2.36. The zero-order valence-electron chi connectivity index (χ0n) is 5.53. The van der Waals surface area contributed by atoms with Crippen molar-refractivity contribution < 1.29 is 0 Å². The summed E-state index contributed by atoms with van der Waals surface area (Å²) in [6.45, 7) is 0. The van der Waals surface area contributed by atoms with Crippen LogP contribution in [0, 0.1) is 5.41 Å². The lowest BCUT2D eigenvalue weighted by Crippen LogP contribution is -2.12. The SMILES string of the molecule is N=C(N)Cc1cc(Cl)sc1Cl. The first-order valence-electron chi connectivity index (χ1n) is 2.86. The van der Waals surface area contributed by atoms with Crippen molar-refractivity contribution in [2.45, 2.75) is 6.42 Å². The summed E-state index contributed by atoms with van der Waals surface area (Å²) in [5.74, 6) is 0.0985. The molecule has 5 heteroatoms. The van der Waals surface area contributed by atoms with Crippen molar-refractivity contribution in [3.8, 4) is 0 Å². The van der Waals surface area contributed by atoms with Gasteiger partial charge in [-0.3, -0.25) is 5.41 Å². The van der Waals surface area contributed by atoms with Crippen molar-refractivity contribution >= 4 is 40.4 Å². The molecule has 60 valence electrons. The number of nitrogens with two attached hydrogens (primary N) is 1. The van der Waals surface area contributed by atoms with E-state index in [0.717, 1.165) is 5.56 Å². The molecule has 1 aromatic heterocycles. The smallest absolute Gasteiger partial charge is 0.0980 e. The molecule has 11 heavy (non-hydrogen) atoms. The molecule has 0 saturated heterocycles. The van der Waals surface area contributed by atoms with E-state index in [9.17, 15) is 0 Å². The lowest BCUT2D eigenvalue weighted by molar-refractivity contribution is 1.26. The highest BCUT2D eigenvalue weighted by atomic mass is 35.5. The summed E-state index contributed by atoms with van der Waals surface area (Å²) in [7, 11) is 0. The van der Waals surface area contributed by atoms with Crippen LogP contribution in [0.25, 0.3) is 0 Å². The lowest BCUT2D eigenvalue weighted by Gasteiger charge is -1.93. The van der Waals surface area contributed by atoms with Gasteiger partial charge in [-0.2, -0.15) is 0 Å². The molecule has 0 fully saturated rings. The van der Waals surface area contributed by atoms with Crippen LogP contribution in [0.5, 0.6) is 0 Å². The molecule has 0 aliphatic carbocycles. The molecule has 0 aliphatic heterocycles. The molecule has 0 aromatic carbocycles. The molecule has 0 amide bonds. The van der Waals surface area contributed by atoms with Gasteiger partial charge in [0.05, 0.1) is 14.5 Å². The first-order valence-corrected chi connectivity index (χ1v) is 4.43. The number of halogens is 2. The second-order valence-corrected chi connectivity index (χ2v) is 4.34. The maximum atomic E-state index is 7.02. The first kappa shape index (κ1) is 8.84. The Morgan fingerprint density at radius 2 is 2.27 bits per heavy atom. The summed E-state index contributed by atoms with van der Waals surface area (Å²) in [5.41, 5.74) is 6.02. The summed E-state index contributed by atoms with van der Waals surface area (Å²) >= 11 is 12.7. The van der Waals surface area contributed by atoms with E-state index in [1.165, 1.54) is 11.3 Å². The molecule has 3 N–H and O–H groups in total. The predicted octanol–water partition coefficient (Wildman–Crippen LogP) is 2.53. The predicted molar refractivity (Wildman–Crippen MR) is 50.0 cm³/mol. The number of rotatable bonds is 2. The van der Waals surface area contributed by atoms with Gasteiger partial charge >= 0.3 is 0 Å². The van der Waals surface area contributed by atoms with Crippen LogP contribution in [-0.4, -0.2) is 5.84 Å². The Morgan fingerprint density at radius 3 is 2.64 bits per heavy atom. The van der Waals surface area contributed by atoms with Gasteiger partial charge in [0.2, 0.25) is 0 Å². The highest BCUT2D eigenvalue weighted by Crippen LogP contribution is 2.31. The van der Waals surface area contributed by atoms with Gasteiger partial charge in [0.15, 0.2) is 0 Å². The molecule has 0 bridgehead atoms. The number of nitrogens with one attached hydrogen (secondary N) is 1. The fourth-order valence-electron chi connectivity index (χ4n) is 0.700. The number of hydrogen-bond acceptors (Lipinski definition) is 2. The minimum Gasteiger partial charge on any atom is -0.387 e. The van der Waals surface area contributed by atoms with Gasteiger partial charge < -0.3 is 5.73 Å². The number of amidine groups is 1. The average molecular weight is 209 g/mol. The molecular weight excluding hydrogens is 203 g/mol. The summed E-state index contributed by atoms with van der Waals surface area (Å²) < 4.78 is 1.25. The van der Waals surface area contributed by atoms with Gasteiger partial charge in [-0.1, -0.05) is 23.2 Å². The van der Waals surface area contributed by atoms with Crippen LogP contribution in [0.1, 0.15) is 5.56 Å². The first-order chi connectivity index (χ1) is 5.09. The van der Waals surface area contributed by atoms with Crippen LogP contribution < -0.4 is 5.73 Å². The molecule has 1 heterocycles. The molecule has 0 spiro atoms. The van der Waals surface area contributed by atoms with Crippen LogP contribution in [0.4, 0.5) is 0 Å². The monoisotopic (exact) mass is 208 g/mol. The molecule has 0 radical (unpaired) electrons. The van der Waals surface area contributed by atoms with Gasteiger partial charge in [-0.25, -0.2) is 0 Å². The zero-order valence-corrected chi connectivity index (χ0v) is 7.85. The minimum atomic E-state index is 0.0985. The quantitative estimate of drug-likeness (QED) is 0.570. The third-order valence-corrected chi connectivity index (χ3v) is 2.68. The van der Waals surface area contributed by atoms with E-state index in [4.69, 9.17) is 34.3 Å². The summed E-state index contributed by atoms with van der Waals surface area (Å²) in [6.07, 6.45) is 0.377. The van der Waals surface area contributed by atoms with Crippen LogP contribution in [0.3, 0.4) is 0 Å². The zero-order chi connectivity index (χ0) is 8.43. The van der Waals surface area contributed by atoms with Crippen LogP contribution in [0.15, 0.2) is 6.07 Å². The number of hydrogen-bond donors (Lipinski definition) is 2. The average Bonchev–Trinajstić information content (AvgIpc) is 2.09. The second kappa shape index (κ2) is 3.43. The van der Waals surface area contributed by atoms with Crippen LogP contribution in [0.2, 0.25) is 8.67 Å². The van der Waals surface area contributed by atoms with Gasteiger partial charge in [0.1, 0.15) is 0 Å². The van der Waals surface area contributed by atoms with Gasteiger partial charge in [0, 0.05) is 6.42 Å². The molecular formula is C6H6Cl2N2S. The van der Waals surface area contributed by atoms with Crippen molar-refractivity contribution in [1.29, 1.82) is 5.41 Å². The van der Waals surface area contributed by atoms with Crippen LogP contribution in [-0.2, 0) is 6.42 Å². The van der Waals surface area contributed by atoms with Crippen molar-refractivity contribution in [3.63, 3.8) is 0 Å². The van der Waals surface area contributed by atoms with Gasteiger partial charge in [-0.05, 0) is 11.6 Å². The Morgan fingerprint density at radius 1 is 1.64 bits per heavy atom. The Kier molecular flexibility index (Phi) is 2.76. The van der Waals surface area contributed by atoms with Crippen molar-refractivity contribution in [3.05, 3.63) is 20.3 Å². The normalized spacial score (nSPS) is 10.0. The molecule has 0 atom stereocenters. The Balaban J connectivity index is 2.85. The van der Waals surface area contributed by atoms with E-state index in [0.29, 0.717) is 15.1 Å². The topological polar surface area (TPSA) is 49.9 Å². The summed E-state index contributed by atoms with van der Waals surface area (Å²) in [4.78, 5) is 0. The van der Waals surface area contributed by atoms with E-state index >= 15 is 0 Å². The Bertz CT molecular complexity index is 282. The van der Waals surface area contributed by atoms with E-state index in [1.54, 1.807) is 6.07 Å². The second-order valence-electron chi connectivity index (χ2n) is 2.05. The molecule has 2 nitrogen and oxygen atoms in total. The molecule has 1 rings (SSSR count). The molecule has 0 saturated carbocycles. The largest absolute Gasteiger partial charge is 0.387 e. The van der Waals surface area contributed by atoms with E-state index in [-0.39, 0.29) is 5.84 Å². The number of thiophene rings is 1. The van der Waals surface area contributed by atoms with Crippen LogP contribution >= 0.6 is 34.5 Å². The molecule has 1 aromatic rings. The Labute approximate surface area is 78.4 Å². The minimum absolute atomic E-state index is 0.0985. The van der Waals surface area contributed by atoms with E-state index in [2.05, 4.69) is 0 Å². The Hall–Kier alpha value is -0.250. The highest BCUT2D eigenvalue weighted by Gasteiger charge is 2.05. The fourth-order valence-corrected chi connectivity index (χ4v) is 2.19. The maximum Gasteiger partial charge on any atom is 0.0980 e. The summed E-state index contributed by atoms with van der Waals surface area (Å²) in [6, 6.07) is 1.73. The third-order valence-electron chi connectivity index (χ3n) is 1.11. The van der Waals surface area contributed by atoms with Gasteiger partial charge in [-0.15, -0.1) is 11.3 Å². The fraction of sp³-hybridized carbons (Fsp3) is 0.167. The van der Waals surface area contributed by atoms with Crippen molar-refractivity contribution in [2.75, 3.05) is 0 Å². The maximum absolute atomic E-state index is 7.02. The van der Waals surface area contributed by atoms with Crippen molar-refractivity contribution in [1.82, 2.24) is 0 Å². The lowest BCUT2D eigenvalue weighted by atomic mass is 10.2. The molecule has 0 aliphatic rings. The summed E-state index contributed by atoms with van der Waals surface area (Å²) in [5, 5.41) is 7.02. The van der Waals surface area contributed by atoms with E-state index in [1.807, 2.05) is 0 Å². The molecule has 0 unspecified atom stereocenters.